The van der Waals surface area contributed by atoms with Crippen molar-refractivity contribution in [3.63, 3.8) is 0 Å². The van der Waals surface area contributed by atoms with Crippen molar-refractivity contribution in [2.75, 3.05) is 0 Å². The summed E-state index contributed by atoms with van der Waals surface area (Å²) in [6.45, 7) is 2.01. The van der Waals surface area contributed by atoms with Crippen LogP contribution in [0.25, 0.3) is 6.08 Å². The van der Waals surface area contributed by atoms with Crippen LogP contribution in [0.4, 0.5) is 0 Å². The molecule has 0 aliphatic heterocycles. The first-order chi connectivity index (χ1) is 6.22. The van der Waals surface area contributed by atoms with Gasteiger partial charge in [0.25, 0.3) is 0 Å². The number of aryl methyl sites for hydroxylation is 1. The SMILES string of the molecule is Cc1ccc(C=CC(=O)OBr)cc1. The van der Waals surface area contributed by atoms with Gasteiger partial charge in [-0.25, -0.2) is 4.79 Å². The van der Waals surface area contributed by atoms with Crippen LogP contribution in [0.15, 0.2) is 30.3 Å². The summed E-state index contributed by atoms with van der Waals surface area (Å²) in [7, 11) is 0. The molecule has 68 valence electrons. The topological polar surface area (TPSA) is 26.3 Å². The monoisotopic (exact) mass is 240 g/mol. The Balaban J connectivity index is 2.69. The molecule has 0 N–H and O–H groups in total. The molecule has 1 aromatic rings. The number of hydrogen-bond donors (Lipinski definition) is 0. The maximum Gasteiger partial charge on any atom is 0.342 e. The van der Waals surface area contributed by atoms with E-state index in [1.165, 1.54) is 11.6 Å². The van der Waals surface area contributed by atoms with Crippen LogP contribution in [-0.2, 0) is 8.62 Å². The fraction of sp³-hybridized carbons (Fsp3) is 0.100. The highest BCUT2D eigenvalue weighted by Gasteiger charge is 1.92. The lowest BCUT2D eigenvalue weighted by molar-refractivity contribution is -0.126. The number of carbonyl (C=O) groups excluding carboxylic acids is 1. The van der Waals surface area contributed by atoms with E-state index in [-0.39, 0.29) is 0 Å². The predicted molar refractivity (Wildman–Crippen MR) is 55.2 cm³/mol. The Kier molecular flexibility index (Phi) is 3.71. The van der Waals surface area contributed by atoms with Crippen molar-refractivity contribution in [3.8, 4) is 0 Å². The standard InChI is InChI=1S/C10H9BrO2/c1-8-2-4-9(5-3-8)6-7-10(12)13-11/h2-7H,1H3. The molecule has 0 aromatic heterocycles. The molecule has 3 heteroatoms. The van der Waals surface area contributed by atoms with Gasteiger partial charge < -0.3 is 3.83 Å². The van der Waals surface area contributed by atoms with Crippen LogP contribution in [-0.4, -0.2) is 5.97 Å². The normalized spacial score (nSPS) is 10.3. The molecule has 0 heterocycles. The Bertz CT molecular complexity index is 314. The molecule has 1 rings (SSSR count). The zero-order chi connectivity index (χ0) is 9.68. The summed E-state index contributed by atoms with van der Waals surface area (Å²) >= 11 is 2.60. The van der Waals surface area contributed by atoms with Crippen molar-refractivity contribution in [2.24, 2.45) is 0 Å². The molecule has 0 aliphatic rings. The number of carbonyl (C=O) groups is 1. The molecule has 0 spiro atoms. The lowest BCUT2D eigenvalue weighted by Gasteiger charge is -1.93. The minimum Gasteiger partial charge on any atom is -0.380 e. The summed E-state index contributed by atoms with van der Waals surface area (Å²) in [6.07, 6.45) is 3.06. The van der Waals surface area contributed by atoms with Crippen LogP contribution in [0.1, 0.15) is 11.1 Å². The molecule has 0 radical (unpaired) electrons. The lowest BCUT2D eigenvalue weighted by Crippen LogP contribution is -1.88. The van der Waals surface area contributed by atoms with Crippen molar-refractivity contribution in [1.29, 1.82) is 0 Å². The maximum absolute atomic E-state index is 10.7. The van der Waals surface area contributed by atoms with E-state index in [4.69, 9.17) is 0 Å². The number of halogens is 1. The van der Waals surface area contributed by atoms with E-state index in [2.05, 4.69) is 20.1 Å². The lowest BCUT2D eigenvalue weighted by atomic mass is 10.1. The Hall–Kier alpha value is -1.09. The van der Waals surface area contributed by atoms with Crippen LogP contribution in [0.5, 0.6) is 0 Å². The summed E-state index contributed by atoms with van der Waals surface area (Å²) in [5.41, 5.74) is 2.17. The van der Waals surface area contributed by atoms with E-state index in [1.807, 2.05) is 31.2 Å². The van der Waals surface area contributed by atoms with E-state index < -0.39 is 5.97 Å². The van der Waals surface area contributed by atoms with E-state index in [9.17, 15) is 4.79 Å². The Morgan fingerprint density at radius 2 is 2.00 bits per heavy atom. The fourth-order valence-corrected chi connectivity index (χ4v) is 0.975. The second-order valence-corrected chi connectivity index (χ2v) is 2.96. The van der Waals surface area contributed by atoms with Crippen molar-refractivity contribution < 1.29 is 8.62 Å². The average molecular weight is 241 g/mol. The van der Waals surface area contributed by atoms with Crippen LogP contribution < -0.4 is 0 Å². The van der Waals surface area contributed by atoms with Gasteiger partial charge in [0, 0.05) is 6.08 Å². The molecule has 1 aromatic carbocycles. The van der Waals surface area contributed by atoms with Crippen molar-refractivity contribution >= 4 is 28.3 Å². The summed E-state index contributed by atoms with van der Waals surface area (Å²) in [4.78, 5) is 10.7. The smallest absolute Gasteiger partial charge is 0.342 e. The van der Waals surface area contributed by atoms with E-state index >= 15 is 0 Å². The van der Waals surface area contributed by atoms with Gasteiger partial charge in [0.1, 0.15) is 0 Å². The molecule has 0 fully saturated rings. The molecular formula is C10H9BrO2. The highest BCUT2D eigenvalue weighted by molar-refractivity contribution is 9.06. The van der Waals surface area contributed by atoms with Crippen molar-refractivity contribution in [3.05, 3.63) is 41.5 Å². The zero-order valence-electron chi connectivity index (χ0n) is 7.16. The minimum absolute atomic E-state index is 0.416. The highest BCUT2D eigenvalue weighted by Crippen LogP contribution is 2.05. The van der Waals surface area contributed by atoms with Crippen LogP contribution >= 0.6 is 16.3 Å². The van der Waals surface area contributed by atoms with Gasteiger partial charge in [-0.1, -0.05) is 29.8 Å². The Morgan fingerprint density at radius 3 is 2.54 bits per heavy atom. The predicted octanol–water partition coefficient (Wildman–Crippen LogP) is 2.86. The van der Waals surface area contributed by atoms with E-state index in [1.54, 1.807) is 6.08 Å². The van der Waals surface area contributed by atoms with Crippen molar-refractivity contribution in [1.82, 2.24) is 0 Å². The van der Waals surface area contributed by atoms with Gasteiger partial charge in [0.05, 0.1) is 0 Å². The molecule has 0 unspecified atom stereocenters. The Morgan fingerprint density at radius 1 is 1.38 bits per heavy atom. The first-order valence-corrected chi connectivity index (χ1v) is 4.44. The number of rotatable bonds is 2. The van der Waals surface area contributed by atoms with E-state index in [0.29, 0.717) is 0 Å². The van der Waals surface area contributed by atoms with Gasteiger partial charge in [0.15, 0.2) is 16.3 Å². The van der Waals surface area contributed by atoms with Gasteiger partial charge in [-0.2, -0.15) is 0 Å². The zero-order valence-corrected chi connectivity index (χ0v) is 8.74. The second-order valence-electron chi connectivity index (χ2n) is 2.64. The molecule has 0 aliphatic carbocycles. The maximum atomic E-state index is 10.7. The van der Waals surface area contributed by atoms with Crippen LogP contribution in [0.2, 0.25) is 0 Å². The third-order valence-corrected chi connectivity index (χ3v) is 1.88. The molecule has 0 saturated heterocycles. The average Bonchev–Trinajstić information content (AvgIpc) is 2.16. The molecule has 0 atom stereocenters. The van der Waals surface area contributed by atoms with Gasteiger partial charge in [-0.05, 0) is 18.6 Å². The van der Waals surface area contributed by atoms with Gasteiger partial charge in [-0.3, -0.25) is 0 Å². The summed E-state index contributed by atoms with van der Waals surface area (Å²) in [6, 6.07) is 7.85. The molecule has 0 amide bonds. The minimum atomic E-state index is -0.416. The quantitative estimate of drug-likeness (QED) is 0.744. The Labute approximate surface area is 85.7 Å². The summed E-state index contributed by atoms with van der Waals surface area (Å²) in [5, 5.41) is 0. The van der Waals surface area contributed by atoms with Gasteiger partial charge >= 0.3 is 5.97 Å². The molecule has 0 bridgehead atoms. The van der Waals surface area contributed by atoms with Crippen LogP contribution in [0, 0.1) is 6.92 Å². The second kappa shape index (κ2) is 4.82. The molecule has 13 heavy (non-hydrogen) atoms. The molecular weight excluding hydrogens is 232 g/mol. The first-order valence-electron chi connectivity index (χ1n) is 3.79. The first kappa shape index (κ1) is 9.99. The molecule has 0 saturated carbocycles. The number of benzene rings is 1. The van der Waals surface area contributed by atoms with Crippen molar-refractivity contribution in [2.45, 2.75) is 6.92 Å². The molecule has 2 nitrogen and oxygen atoms in total. The third kappa shape index (κ3) is 3.42. The van der Waals surface area contributed by atoms with E-state index in [0.717, 1.165) is 5.56 Å². The summed E-state index contributed by atoms with van der Waals surface area (Å²) < 4.78 is 4.28. The number of hydrogen-bond acceptors (Lipinski definition) is 2. The fourth-order valence-electron chi connectivity index (χ4n) is 0.868. The summed E-state index contributed by atoms with van der Waals surface area (Å²) in [5.74, 6) is -0.416. The van der Waals surface area contributed by atoms with Gasteiger partial charge in [-0.15, -0.1) is 0 Å². The third-order valence-electron chi connectivity index (χ3n) is 1.57. The highest BCUT2D eigenvalue weighted by atomic mass is 79.9. The van der Waals surface area contributed by atoms with Gasteiger partial charge in [0.2, 0.25) is 0 Å². The largest absolute Gasteiger partial charge is 0.380 e. The van der Waals surface area contributed by atoms with Crippen LogP contribution in [0.3, 0.4) is 0 Å².